The number of nitrogens with one attached hydrogen (secondary N) is 2. The number of piperidine rings is 1. The summed E-state index contributed by atoms with van der Waals surface area (Å²) in [6, 6.07) is 8.27. The number of hydrogen-bond donors (Lipinski definition) is 3. The van der Waals surface area contributed by atoms with Gasteiger partial charge < -0.3 is 5.32 Å². The molecule has 0 bridgehead atoms. The Balaban J connectivity index is 0.00000210. The molecule has 1 aliphatic heterocycles. The fourth-order valence-corrected chi connectivity index (χ4v) is 3.33. The van der Waals surface area contributed by atoms with Gasteiger partial charge in [0.2, 0.25) is 0 Å². The molecule has 1 saturated heterocycles. The Morgan fingerprint density at radius 3 is 2.83 bits per heavy atom. The van der Waals surface area contributed by atoms with E-state index in [0.717, 1.165) is 37.5 Å². The first kappa shape index (κ1) is 25.1. The Bertz CT molecular complexity index is 805. The quantitative estimate of drug-likeness (QED) is 0.347. The summed E-state index contributed by atoms with van der Waals surface area (Å²) in [6.45, 7) is 2.86. The third-order valence-corrected chi connectivity index (χ3v) is 4.58. The van der Waals surface area contributed by atoms with Gasteiger partial charge in [-0.3, -0.25) is 19.9 Å². The van der Waals surface area contributed by atoms with Crippen molar-refractivity contribution >= 4 is 54.2 Å². The molecule has 1 atom stereocenters. The van der Waals surface area contributed by atoms with Crippen molar-refractivity contribution in [1.29, 1.82) is 0 Å². The molecule has 3 rings (SSSR count). The summed E-state index contributed by atoms with van der Waals surface area (Å²) in [5.41, 5.74) is 3.28. The van der Waals surface area contributed by atoms with Crippen LogP contribution >= 0.6 is 36.4 Å². The Morgan fingerprint density at radius 2 is 2.14 bits per heavy atom. The minimum atomic E-state index is -0.610. The van der Waals surface area contributed by atoms with E-state index in [1.165, 1.54) is 23.2 Å². The number of carbonyl (C=O) groups excluding carboxylic acids is 1. The first-order valence-corrected chi connectivity index (χ1v) is 9.18. The fourth-order valence-electron chi connectivity index (χ4n) is 3.12. The van der Waals surface area contributed by atoms with Crippen molar-refractivity contribution in [3.05, 3.63) is 59.0 Å². The van der Waals surface area contributed by atoms with Crippen molar-refractivity contribution in [2.24, 2.45) is 0 Å². The molecule has 2 aromatic rings. The van der Waals surface area contributed by atoms with Crippen LogP contribution in [0.5, 0.6) is 0 Å². The summed E-state index contributed by atoms with van der Waals surface area (Å²) in [4.78, 5) is 22.0. The predicted octanol–water partition coefficient (Wildman–Crippen LogP) is 3.57. The van der Waals surface area contributed by atoms with Gasteiger partial charge in [0.05, 0.1) is 18.1 Å². The van der Waals surface area contributed by atoms with Gasteiger partial charge in [-0.1, -0.05) is 23.7 Å². The van der Waals surface area contributed by atoms with Crippen molar-refractivity contribution in [2.75, 3.05) is 18.4 Å². The number of aromatic nitrogens is 2. The third kappa shape index (κ3) is 8.16. The SMILES string of the molecule is Cl.Cl.O=C(C=Cc1cnc(N[C@@H]2CCCN(Cc3cccc(Cl)c3)C2)cn1)NO. The second-order valence-corrected chi connectivity index (χ2v) is 6.92. The fraction of sp³-hybridized carbons (Fsp3) is 0.316. The highest BCUT2D eigenvalue weighted by Crippen LogP contribution is 2.18. The number of carbonyl (C=O) groups is 1. The highest BCUT2D eigenvalue weighted by Gasteiger charge is 2.20. The lowest BCUT2D eigenvalue weighted by Gasteiger charge is -2.33. The minimum Gasteiger partial charge on any atom is -0.365 e. The van der Waals surface area contributed by atoms with Gasteiger partial charge in [0.1, 0.15) is 5.82 Å². The normalized spacial score (nSPS) is 16.6. The highest BCUT2D eigenvalue weighted by atomic mass is 35.5. The number of hydrogen-bond acceptors (Lipinski definition) is 6. The molecular weight excluding hydrogens is 437 g/mol. The van der Waals surface area contributed by atoms with Crippen LogP contribution in [0, 0.1) is 0 Å². The van der Waals surface area contributed by atoms with Crippen LogP contribution in [0.1, 0.15) is 24.1 Å². The lowest BCUT2D eigenvalue weighted by Crippen LogP contribution is -2.41. The number of hydroxylamine groups is 1. The van der Waals surface area contributed by atoms with Gasteiger partial charge >= 0.3 is 0 Å². The molecule has 1 amide bonds. The maximum Gasteiger partial charge on any atom is 0.267 e. The van der Waals surface area contributed by atoms with E-state index < -0.39 is 5.91 Å². The Labute approximate surface area is 187 Å². The summed E-state index contributed by atoms with van der Waals surface area (Å²) >= 11 is 6.07. The topological polar surface area (TPSA) is 90.4 Å². The molecule has 0 saturated carbocycles. The van der Waals surface area contributed by atoms with E-state index in [1.807, 2.05) is 18.2 Å². The molecule has 29 heavy (non-hydrogen) atoms. The van der Waals surface area contributed by atoms with E-state index in [9.17, 15) is 4.79 Å². The standard InChI is InChI=1S/C19H22ClN5O2.2ClH/c20-15-4-1-3-14(9-15)12-25-8-2-5-17(13-25)23-18-11-21-16(10-22-18)6-7-19(26)24-27;;/h1,3-4,6-7,9-11,17,27H,2,5,8,12-13H2,(H,22,23)(H,24,26);2*1H/t17-;;/m1../s1. The molecule has 1 aromatic heterocycles. The lowest BCUT2D eigenvalue weighted by atomic mass is 10.0. The van der Waals surface area contributed by atoms with Crippen LogP contribution in [0.15, 0.2) is 42.7 Å². The van der Waals surface area contributed by atoms with Crippen LogP contribution in [0.4, 0.5) is 5.82 Å². The maximum atomic E-state index is 11.0. The molecule has 3 N–H and O–H groups in total. The molecular formula is C19H24Cl3N5O2. The highest BCUT2D eigenvalue weighted by molar-refractivity contribution is 6.30. The average molecular weight is 461 g/mol. The number of nitrogens with zero attached hydrogens (tertiary/aromatic N) is 3. The second kappa shape index (κ2) is 12.6. The maximum absolute atomic E-state index is 11.0. The van der Waals surface area contributed by atoms with Gasteiger partial charge in [0.25, 0.3) is 5.91 Å². The summed E-state index contributed by atoms with van der Waals surface area (Å²) < 4.78 is 0. The summed E-state index contributed by atoms with van der Waals surface area (Å²) in [5.74, 6) is 0.0920. The van der Waals surface area contributed by atoms with E-state index in [4.69, 9.17) is 16.8 Å². The first-order valence-electron chi connectivity index (χ1n) is 8.80. The molecule has 158 valence electrons. The number of likely N-dealkylation sites (tertiary alicyclic amines) is 1. The van der Waals surface area contributed by atoms with Crippen molar-refractivity contribution in [3.63, 3.8) is 0 Å². The van der Waals surface area contributed by atoms with Crippen LogP contribution < -0.4 is 10.8 Å². The molecule has 10 heteroatoms. The summed E-state index contributed by atoms with van der Waals surface area (Å²) in [5, 5.41) is 12.7. The first-order chi connectivity index (χ1) is 13.1. The van der Waals surface area contributed by atoms with Crippen molar-refractivity contribution in [1.82, 2.24) is 20.3 Å². The molecule has 1 fully saturated rings. The molecule has 2 heterocycles. The van der Waals surface area contributed by atoms with Crippen molar-refractivity contribution < 1.29 is 10.0 Å². The lowest BCUT2D eigenvalue weighted by molar-refractivity contribution is -0.124. The molecule has 7 nitrogen and oxygen atoms in total. The van der Waals surface area contributed by atoms with E-state index >= 15 is 0 Å². The Kier molecular flexibility index (Phi) is 10.9. The Hall–Kier alpha value is -1.90. The monoisotopic (exact) mass is 459 g/mol. The zero-order valence-corrected chi connectivity index (χ0v) is 18.0. The van der Waals surface area contributed by atoms with E-state index in [-0.39, 0.29) is 24.8 Å². The smallest absolute Gasteiger partial charge is 0.267 e. The van der Waals surface area contributed by atoms with Crippen LogP contribution in [-0.2, 0) is 11.3 Å². The molecule has 0 aliphatic carbocycles. The number of benzene rings is 1. The molecule has 1 aromatic carbocycles. The van der Waals surface area contributed by atoms with Gasteiger partial charge in [-0.05, 0) is 43.2 Å². The summed E-state index contributed by atoms with van der Waals surface area (Å²) in [6.07, 6.45) is 8.08. The van der Waals surface area contributed by atoms with Crippen LogP contribution in [0.25, 0.3) is 6.08 Å². The van der Waals surface area contributed by atoms with Gasteiger partial charge in [0, 0.05) is 30.2 Å². The molecule has 1 aliphatic rings. The zero-order valence-electron chi connectivity index (χ0n) is 15.6. The average Bonchev–Trinajstić information content (AvgIpc) is 2.67. The van der Waals surface area contributed by atoms with Crippen LogP contribution in [-0.4, -0.2) is 45.1 Å². The number of anilines is 1. The molecule has 0 spiro atoms. The Morgan fingerprint density at radius 1 is 1.31 bits per heavy atom. The predicted molar refractivity (Wildman–Crippen MR) is 119 cm³/mol. The van der Waals surface area contributed by atoms with Gasteiger partial charge in [0.15, 0.2) is 0 Å². The molecule has 0 radical (unpaired) electrons. The van der Waals surface area contributed by atoms with Crippen LogP contribution in [0.2, 0.25) is 5.02 Å². The van der Waals surface area contributed by atoms with Gasteiger partial charge in [-0.2, -0.15) is 0 Å². The van der Waals surface area contributed by atoms with Crippen molar-refractivity contribution in [2.45, 2.75) is 25.4 Å². The van der Waals surface area contributed by atoms with Crippen molar-refractivity contribution in [3.8, 4) is 0 Å². The van der Waals surface area contributed by atoms with Gasteiger partial charge in [-0.15, -0.1) is 24.8 Å². The van der Waals surface area contributed by atoms with E-state index in [1.54, 1.807) is 12.4 Å². The van der Waals surface area contributed by atoms with E-state index in [0.29, 0.717) is 17.6 Å². The number of amides is 1. The van der Waals surface area contributed by atoms with Gasteiger partial charge in [-0.25, -0.2) is 10.5 Å². The third-order valence-electron chi connectivity index (χ3n) is 4.34. The summed E-state index contributed by atoms with van der Waals surface area (Å²) in [7, 11) is 0. The van der Waals surface area contributed by atoms with E-state index in [2.05, 4.69) is 26.3 Å². The number of halogens is 3. The molecule has 0 unspecified atom stereocenters. The van der Waals surface area contributed by atoms with Crippen LogP contribution in [0.3, 0.4) is 0 Å². The minimum absolute atomic E-state index is 0. The number of rotatable bonds is 6. The largest absolute Gasteiger partial charge is 0.365 e. The second-order valence-electron chi connectivity index (χ2n) is 6.48. The zero-order chi connectivity index (χ0) is 19.1.